The molecule has 9 nitrogen and oxygen atoms in total. The number of fused-ring (bicyclic) bond motifs is 1. The van der Waals surface area contributed by atoms with Crippen molar-refractivity contribution >= 4 is 22.9 Å². The van der Waals surface area contributed by atoms with E-state index in [0.717, 1.165) is 4.57 Å². The van der Waals surface area contributed by atoms with Gasteiger partial charge in [0, 0.05) is 26.8 Å². The minimum Gasteiger partial charge on any atom is -0.469 e. The molecule has 0 bridgehead atoms. The zero-order valence-electron chi connectivity index (χ0n) is 13.0. The van der Waals surface area contributed by atoms with E-state index >= 15 is 0 Å². The first-order valence-electron chi connectivity index (χ1n) is 6.77. The number of nitrogens with zero attached hydrogens (tertiary/aromatic N) is 3. The van der Waals surface area contributed by atoms with Gasteiger partial charge < -0.3 is 10.1 Å². The predicted molar refractivity (Wildman–Crippen MR) is 81.2 cm³/mol. The Hall–Kier alpha value is -2.97. The van der Waals surface area contributed by atoms with Crippen LogP contribution in [0.5, 0.6) is 0 Å². The Balaban J connectivity index is 2.34. The molecule has 1 N–H and O–H groups in total. The molecule has 0 aliphatic heterocycles. The van der Waals surface area contributed by atoms with Gasteiger partial charge in [-0.25, -0.2) is 9.78 Å². The Morgan fingerprint density at radius 2 is 1.96 bits per heavy atom. The van der Waals surface area contributed by atoms with Gasteiger partial charge in [0.1, 0.15) is 5.65 Å². The summed E-state index contributed by atoms with van der Waals surface area (Å²) >= 11 is 0. The lowest BCUT2D eigenvalue weighted by atomic mass is 10.2. The molecule has 2 heterocycles. The van der Waals surface area contributed by atoms with E-state index in [1.165, 1.54) is 38.0 Å². The fourth-order valence-corrected chi connectivity index (χ4v) is 2.07. The summed E-state index contributed by atoms with van der Waals surface area (Å²) in [5.41, 5.74) is -0.660. The van der Waals surface area contributed by atoms with Crippen molar-refractivity contribution in [3.8, 4) is 0 Å². The van der Waals surface area contributed by atoms with Crippen LogP contribution in [-0.2, 0) is 23.6 Å². The van der Waals surface area contributed by atoms with Crippen LogP contribution in [0.25, 0.3) is 11.0 Å². The first-order chi connectivity index (χ1) is 10.9. The highest BCUT2D eigenvalue weighted by molar-refractivity contribution is 5.96. The topological polar surface area (TPSA) is 112 Å². The van der Waals surface area contributed by atoms with Crippen LogP contribution >= 0.6 is 0 Å². The molecular formula is C14H16N4O5. The Bertz CT molecular complexity index is 896. The number of esters is 1. The van der Waals surface area contributed by atoms with Gasteiger partial charge in [0.25, 0.3) is 11.5 Å². The summed E-state index contributed by atoms with van der Waals surface area (Å²) in [6, 6.07) is 1.37. The van der Waals surface area contributed by atoms with Crippen LogP contribution in [0.3, 0.4) is 0 Å². The smallest absolute Gasteiger partial charge is 0.332 e. The number of aromatic nitrogens is 3. The van der Waals surface area contributed by atoms with Gasteiger partial charge in [-0.15, -0.1) is 0 Å². The molecule has 0 spiro atoms. The number of methoxy groups -OCH3 is 1. The summed E-state index contributed by atoms with van der Waals surface area (Å²) in [6.45, 7) is 0.106. The summed E-state index contributed by atoms with van der Waals surface area (Å²) in [6.07, 6.45) is 1.31. The van der Waals surface area contributed by atoms with Crippen molar-refractivity contribution in [3.63, 3.8) is 0 Å². The van der Waals surface area contributed by atoms with Gasteiger partial charge in [-0.05, 0) is 6.07 Å². The number of aryl methyl sites for hydroxylation is 1. The SMILES string of the molecule is COC(=O)CCNC(=O)c1cnc2c(c1)c(=O)n(C)c(=O)n2C. The lowest BCUT2D eigenvalue weighted by molar-refractivity contribution is -0.140. The molecule has 2 aromatic rings. The van der Waals surface area contributed by atoms with E-state index in [0.29, 0.717) is 0 Å². The molecule has 2 aromatic heterocycles. The second-order valence-corrected chi connectivity index (χ2v) is 4.88. The van der Waals surface area contributed by atoms with E-state index in [1.54, 1.807) is 0 Å². The van der Waals surface area contributed by atoms with Gasteiger partial charge in [-0.2, -0.15) is 0 Å². The minimum absolute atomic E-state index is 0.0412. The molecule has 0 fully saturated rings. The van der Waals surface area contributed by atoms with Crippen LogP contribution in [0.2, 0.25) is 0 Å². The molecule has 0 aliphatic rings. The predicted octanol–water partition coefficient (Wildman–Crippen LogP) is -1.07. The Morgan fingerprint density at radius 3 is 2.61 bits per heavy atom. The molecule has 9 heteroatoms. The van der Waals surface area contributed by atoms with E-state index in [4.69, 9.17) is 0 Å². The van der Waals surface area contributed by atoms with Gasteiger partial charge in [0.15, 0.2) is 0 Å². The van der Waals surface area contributed by atoms with E-state index in [2.05, 4.69) is 15.0 Å². The third-order valence-corrected chi connectivity index (χ3v) is 3.40. The van der Waals surface area contributed by atoms with Crippen LogP contribution < -0.4 is 16.6 Å². The standard InChI is InChI=1S/C14H16N4O5/c1-17-11-9(13(21)18(2)14(17)22)6-8(7-16-11)12(20)15-5-4-10(19)23-3/h6-7H,4-5H2,1-3H3,(H,15,20). The molecular weight excluding hydrogens is 304 g/mol. The van der Waals surface area contributed by atoms with Gasteiger partial charge in [0.05, 0.1) is 24.5 Å². The summed E-state index contributed by atoms with van der Waals surface area (Å²) < 4.78 is 6.65. The maximum atomic E-state index is 12.1. The van der Waals surface area contributed by atoms with Crippen molar-refractivity contribution in [2.24, 2.45) is 14.1 Å². The quantitative estimate of drug-likeness (QED) is 0.718. The highest BCUT2D eigenvalue weighted by Crippen LogP contribution is 2.07. The number of carbonyl (C=O) groups excluding carboxylic acids is 2. The average molecular weight is 320 g/mol. The molecule has 0 saturated carbocycles. The van der Waals surface area contributed by atoms with Crippen LogP contribution in [0, 0.1) is 0 Å². The first-order valence-corrected chi connectivity index (χ1v) is 6.77. The van der Waals surface area contributed by atoms with E-state index in [9.17, 15) is 19.2 Å². The number of rotatable bonds is 4. The number of hydrogen-bond donors (Lipinski definition) is 1. The summed E-state index contributed by atoms with van der Waals surface area (Å²) in [5, 5.41) is 2.69. The number of carbonyl (C=O) groups is 2. The largest absolute Gasteiger partial charge is 0.469 e. The second-order valence-electron chi connectivity index (χ2n) is 4.88. The fourth-order valence-electron chi connectivity index (χ4n) is 2.07. The van der Waals surface area contributed by atoms with Crippen molar-refractivity contribution < 1.29 is 14.3 Å². The molecule has 23 heavy (non-hydrogen) atoms. The normalized spacial score (nSPS) is 10.6. The van der Waals surface area contributed by atoms with Crippen molar-refractivity contribution in [3.05, 3.63) is 38.7 Å². The molecule has 1 amide bonds. The summed E-state index contributed by atoms with van der Waals surface area (Å²) in [7, 11) is 4.11. The van der Waals surface area contributed by atoms with Gasteiger partial charge in [-0.1, -0.05) is 0 Å². The molecule has 0 radical (unpaired) electrons. The molecule has 122 valence electrons. The van der Waals surface area contributed by atoms with Gasteiger partial charge in [-0.3, -0.25) is 23.5 Å². The zero-order chi connectivity index (χ0) is 17.1. The number of ether oxygens (including phenoxy) is 1. The number of pyridine rings is 1. The lowest BCUT2D eigenvalue weighted by Gasteiger charge is -2.08. The average Bonchev–Trinajstić information content (AvgIpc) is 2.57. The monoisotopic (exact) mass is 320 g/mol. The van der Waals surface area contributed by atoms with Crippen LogP contribution in [-0.4, -0.2) is 39.6 Å². The Morgan fingerprint density at radius 1 is 1.26 bits per heavy atom. The number of amides is 1. The van der Waals surface area contributed by atoms with Crippen LogP contribution in [0.4, 0.5) is 0 Å². The third kappa shape index (κ3) is 3.12. The van der Waals surface area contributed by atoms with Crippen molar-refractivity contribution in [1.82, 2.24) is 19.4 Å². The minimum atomic E-state index is -0.528. The molecule has 0 aliphatic carbocycles. The Labute approximate surface area is 130 Å². The molecule has 0 aromatic carbocycles. The van der Waals surface area contributed by atoms with Crippen molar-refractivity contribution in [2.45, 2.75) is 6.42 Å². The molecule has 0 saturated heterocycles. The maximum absolute atomic E-state index is 12.1. The third-order valence-electron chi connectivity index (χ3n) is 3.40. The van der Waals surface area contributed by atoms with Crippen molar-refractivity contribution in [1.29, 1.82) is 0 Å². The second kappa shape index (κ2) is 6.42. The first kappa shape index (κ1) is 16.4. The highest BCUT2D eigenvalue weighted by Gasteiger charge is 2.13. The lowest BCUT2D eigenvalue weighted by Crippen LogP contribution is -2.37. The van der Waals surface area contributed by atoms with E-state index < -0.39 is 23.1 Å². The van der Waals surface area contributed by atoms with E-state index in [1.807, 2.05) is 0 Å². The number of nitrogens with one attached hydrogen (secondary N) is 1. The zero-order valence-corrected chi connectivity index (χ0v) is 13.0. The van der Waals surface area contributed by atoms with Gasteiger partial charge >= 0.3 is 11.7 Å². The molecule has 0 unspecified atom stereocenters. The fraction of sp³-hybridized carbons (Fsp3) is 0.357. The molecule has 0 atom stereocenters. The van der Waals surface area contributed by atoms with Gasteiger partial charge in [0.2, 0.25) is 0 Å². The van der Waals surface area contributed by atoms with Crippen LogP contribution in [0.1, 0.15) is 16.8 Å². The highest BCUT2D eigenvalue weighted by atomic mass is 16.5. The summed E-state index contributed by atoms with van der Waals surface area (Å²) in [5.74, 6) is -0.912. The molecule has 2 rings (SSSR count). The van der Waals surface area contributed by atoms with E-state index in [-0.39, 0.29) is 29.6 Å². The van der Waals surface area contributed by atoms with Crippen molar-refractivity contribution in [2.75, 3.05) is 13.7 Å². The van der Waals surface area contributed by atoms with Crippen LogP contribution in [0.15, 0.2) is 21.9 Å². The summed E-state index contributed by atoms with van der Waals surface area (Å²) in [4.78, 5) is 51.0. The maximum Gasteiger partial charge on any atom is 0.332 e. The number of hydrogen-bond acceptors (Lipinski definition) is 6. The Kier molecular flexibility index (Phi) is 4.58.